The van der Waals surface area contributed by atoms with Gasteiger partial charge in [-0.1, -0.05) is 6.07 Å². The SMILES string of the molecule is COc1cccc(F)c1C(C)NCCCCN. The lowest BCUT2D eigenvalue weighted by Crippen LogP contribution is -2.22. The van der Waals surface area contributed by atoms with Gasteiger partial charge in [-0.05, 0) is 45.0 Å². The first kappa shape index (κ1) is 13.9. The van der Waals surface area contributed by atoms with Gasteiger partial charge in [-0.15, -0.1) is 0 Å². The fourth-order valence-electron chi connectivity index (χ4n) is 1.81. The average Bonchev–Trinajstić information content (AvgIpc) is 2.34. The molecule has 17 heavy (non-hydrogen) atoms. The Balaban J connectivity index is 2.64. The molecule has 1 atom stereocenters. The predicted octanol–water partition coefficient (Wildman–Crippen LogP) is 2.22. The molecule has 96 valence electrons. The summed E-state index contributed by atoms with van der Waals surface area (Å²) < 4.78 is 18.9. The van der Waals surface area contributed by atoms with Crippen LogP contribution in [0.5, 0.6) is 5.75 Å². The first-order chi connectivity index (χ1) is 8.20. The van der Waals surface area contributed by atoms with Crippen LogP contribution in [-0.4, -0.2) is 20.2 Å². The molecule has 0 saturated carbocycles. The second-order valence-corrected chi connectivity index (χ2v) is 4.03. The number of nitrogens with one attached hydrogen (secondary N) is 1. The van der Waals surface area contributed by atoms with Gasteiger partial charge in [0.25, 0.3) is 0 Å². The van der Waals surface area contributed by atoms with Crippen LogP contribution in [-0.2, 0) is 0 Å². The van der Waals surface area contributed by atoms with Crippen LogP contribution in [0.2, 0.25) is 0 Å². The molecular weight excluding hydrogens is 219 g/mol. The van der Waals surface area contributed by atoms with Crippen LogP contribution >= 0.6 is 0 Å². The summed E-state index contributed by atoms with van der Waals surface area (Å²) in [5, 5.41) is 3.27. The van der Waals surface area contributed by atoms with Crippen LogP contribution in [0.4, 0.5) is 4.39 Å². The minimum Gasteiger partial charge on any atom is -0.496 e. The lowest BCUT2D eigenvalue weighted by atomic mass is 10.1. The second kappa shape index (κ2) is 7.25. The van der Waals surface area contributed by atoms with Crippen LogP contribution in [0.25, 0.3) is 0 Å². The maximum Gasteiger partial charge on any atom is 0.131 e. The molecule has 0 bridgehead atoms. The Morgan fingerprint density at radius 1 is 1.41 bits per heavy atom. The van der Waals surface area contributed by atoms with E-state index in [0.717, 1.165) is 19.4 Å². The number of methoxy groups -OCH3 is 1. The molecule has 3 N–H and O–H groups in total. The van der Waals surface area contributed by atoms with Gasteiger partial charge in [0.2, 0.25) is 0 Å². The second-order valence-electron chi connectivity index (χ2n) is 4.03. The summed E-state index contributed by atoms with van der Waals surface area (Å²) in [5.41, 5.74) is 6.00. The third-order valence-electron chi connectivity index (χ3n) is 2.75. The molecule has 0 aliphatic rings. The van der Waals surface area contributed by atoms with E-state index in [-0.39, 0.29) is 11.9 Å². The van der Waals surface area contributed by atoms with E-state index in [1.165, 1.54) is 6.07 Å². The molecule has 1 unspecified atom stereocenters. The van der Waals surface area contributed by atoms with Gasteiger partial charge < -0.3 is 15.8 Å². The Bertz CT molecular complexity index is 344. The van der Waals surface area contributed by atoms with Crippen molar-refractivity contribution in [2.75, 3.05) is 20.2 Å². The summed E-state index contributed by atoms with van der Waals surface area (Å²) in [6, 6.07) is 4.81. The number of hydrogen-bond donors (Lipinski definition) is 2. The van der Waals surface area contributed by atoms with Crippen LogP contribution in [0, 0.1) is 5.82 Å². The Hall–Kier alpha value is -1.13. The largest absolute Gasteiger partial charge is 0.496 e. The van der Waals surface area contributed by atoms with Gasteiger partial charge in [0.15, 0.2) is 0 Å². The highest BCUT2D eigenvalue weighted by Gasteiger charge is 2.15. The van der Waals surface area contributed by atoms with Crippen LogP contribution in [0.15, 0.2) is 18.2 Å². The quantitative estimate of drug-likeness (QED) is 0.718. The summed E-state index contributed by atoms with van der Waals surface area (Å²) in [6.07, 6.45) is 1.98. The van der Waals surface area contributed by atoms with Gasteiger partial charge in [0.1, 0.15) is 11.6 Å². The smallest absolute Gasteiger partial charge is 0.131 e. The lowest BCUT2D eigenvalue weighted by molar-refractivity contribution is 0.393. The van der Waals surface area contributed by atoms with E-state index in [1.807, 2.05) is 6.92 Å². The Labute approximate surface area is 102 Å². The first-order valence-corrected chi connectivity index (χ1v) is 5.96. The molecule has 0 aliphatic carbocycles. The highest BCUT2D eigenvalue weighted by atomic mass is 19.1. The van der Waals surface area contributed by atoms with E-state index in [2.05, 4.69) is 5.32 Å². The summed E-state index contributed by atoms with van der Waals surface area (Å²) in [5.74, 6) is 0.354. The van der Waals surface area contributed by atoms with Crippen molar-refractivity contribution in [3.63, 3.8) is 0 Å². The number of benzene rings is 1. The van der Waals surface area contributed by atoms with Crippen LogP contribution < -0.4 is 15.8 Å². The fourth-order valence-corrected chi connectivity index (χ4v) is 1.81. The average molecular weight is 240 g/mol. The molecule has 3 nitrogen and oxygen atoms in total. The van der Waals surface area contributed by atoms with E-state index in [4.69, 9.17) is 10.5 Å². The zero-order valence-corrected chi connectivity index (χ0v) is 10.5. The number of unbranched alkanes of at least 4 members (excludes halogenated alkanes) is 1. The zero-order chi connectivity index (χ0) is 12.7. The number of nitrogens with two attached hydrogens (primary N) is 1. The Morgan fingerprint density at radius 3 is 2.82 bits per heavy atom. The molecule has 1 rings (SSSR count). The molecule has 0 aliphatic heterocycles. The van der Waals surface area contributed by atoms with Crippen molar-refractivity contribution >= 4 is 0 Å². The first-order valence-electron chi connectivity index (χ1n) is 5.96. The topological polar surface area (TPSA) is 47.3 Å². The summed E-state index contributed by atoms with van der Waals surface area (Å²) in [7, 11) is 1.55. The Kier molecular flexibility index (Phi) is 5.94. The van der Waals surface area contributed by atoms with Gasteiger partial charge >= 0.3 is 0 Å². The number of rotatable bonds is 7. The fraction of sp³-hybridized carbons (Fsp3) is 0.538. The third-order valence-corrected chi connectivity index (χ3v) is 2.75. The van der Waals surface area contributed by atoms with Gasteiger partial charge in [-0.2, -0.15) is 0 Å². The van der Waals surface area contributed by atoms with Crippen molar-refractivity contribution in [1.82, 2.24) is 5.32 Å². The van der Waals surface area contributed by atoms with Crippen LogP contribution in [0.1, 0.15) is 31.4 Å². The van der Waals surface area contributed by atoms with E-state index in [9.17, 15) is 4.39 Å². The molecule has 0 saturated heterocycles. The summed E-state index contributed by atoms with van der Waals surface area (Å²) in [6.45, 7) is 3.46. The molecule has 1 aromatic carbocycles. The molecule has 0 spiro atoms. The van der Waals surface area contributed by atoms with Gasteiger partial charge in [0, 0.05) is 11.6 Å². The molecule has 0 amide bonds. The molecule has 0 aromatic heterocycles. The number of ether oxygens (including phenoxy) is 1. The van der Waals surface area contributed by atoms with Gasteiger partial charge in [-0.25, -0.2) is 4.39 Å². The van der Waals surface area contributed by atoms with Gasteiger partial charge in [-0.3, -0.25) is 0 Å². The number of hydrogen-bond acceptors (Lipinski definition) is 3. The predicted molar refractivity (Wildman–Crippen MR) is 67.7 cm³/mol. The van der Waals surface area contributed by atoms with Crippen molar-refractivity contribution in [2.45, 2.75) is 25.8 Å². The van der Waals surface area contributed by atoms with Crippen molar-refractivity contribution in [2.24, 2.45) is 5.73 Å². The maximum atomic E-state index is 13.7. The lowest BCUT2D eigenvalue weighted by Gasteiger charge is -2.17. The van der Waals surface area contributed by atoms with Crippen molar-refractivity contribution in [1.29, 1.82) is 0 Å². The molecule has 0 radical (unpaired) electrons. The summed E-state index contributed by atoms with van der Waals surface area (Å²) >= 11 is 0. The van der Waals surface area contributed by atoms with Crippen molar-refractivity contribution in [3.05, 3.63) is 29.6 Å². The normalized spacial score (nSPS) is 12.5. The molecular formula is C13H21FN2O. The molecule has 4 heteroatoms. The monoisotopic (exact) mass is 240 g/mol. The standard InChI is InChI=1S/C13H21FN2O/c1-10(16-9-4-3-8-15)13-11(14)6-5-7-12(13)17-2/h5-7,10,16H,3-4,8-9,15H2,1-2H3. The van der Waals surface area contributed by atoms with E-state index in [0.29, 0.717) is 17.9 Å². The van der Waals surface area contributed by atoms with E-state index >= 15 is 0 Å². The Morgan fingerprint density at radius 2 is 2.18 bits per heavy atom. The highest BCUT2D eigenvalue weighted by Crippen LogP contribution is 2.27. The molecule has 0 fully saturated rings. The van der Waals surface area contributed by atoms with Crippen molar-refractivity contribution < 1.29 is 9.13 Å². The third kappa shape index (κ3) is 3.98. The maximum absolute atomic E-state index is 13.7. The number of halogens is 1. The molecule has 0 heterocycles. The highest BCUT2D eigenvalue weighted by molar-refractivity contribution is 5.36. The van der Waals surface area contributed by atoms with E-state index in [1.54, 1.807) is 19.2 Å². The van der Waals surface area contributed by atoms with Crippen LogP contribution in [0.3, 0.4) is 0 Å². The molecule has 1 aromatic rings. The van der Waals surface area contributed by atoms with Crippen molar-refractivity contribution in [3.8, 4) is 5.75 Å². The minimum absolute atomic E-state index is 0.0658. The summed E-state index contributed by atoms with van der Waals surface area (Å²) in [4.78, 5) is 0. The zero-order valence-electron chi connectivity index (χ0n) is 10.5. The van der Waals surface area contributed by atoms with Gasteiger partial charge in [0.05, 0.1) is 7.11 Å². The minimum atomic E-state index is -0.233. The van der Waals surface area contributed by atoms with E-state index < -0.39 is 0 Å².